The normalized spacial score (nSPS) is 11.9. The van der Waals surface area contributed by atoms with Crippen LogP contribution in [-0.2, 0) is 7.05 Å². The Bertz CT molecular complexity index is 407. The summed E-state index contributed by atoms with van der Waals surface area (Å²) >= 11 is 0. The summed E-state index contributed by atoms with van der Waals surface area (Å²) < 4.78 is 1.82. The molecule has 1 rings (SSSR count). The minimum atomic E-state index is -0.809. The average molecular weight is 210 g/mol. The molecule has 0 bridgehead atoms. The third-order valence-electron chi connectivity index (χ3n) is 1.55. The number of rotatable bonds is 3. The van der Waals surface area contributed by atoms with Crippen LogP contribution in [0.15, 0.2) is 28.5 Å². The van der Waals surface area contributed by atoms with Crippen molar-refractivity contribution in [3.8, 4) is 0 Å². The SMILES string of the molecule is Cn1cccc1/C=N/N=C(\N)N[N+](=O)[O-]. The fourth-order valence-corrected chi connectivity index (χ4v) is 0.875. The van der Waals surface area contributed by atoms with Crippen molar-refractivity contribution in [2.75, 3.05) is 0 Å². The van der Waals surface area contributed by atoms with Crippen molar-refractivity contribution in [2.24, 2.45) is 23.0 Å². The summed E-state index contributed by atoms with van der Waals surface area (Å²) in [5.41, 5.74) is 7.61. The first kappa shape index (κ1) is 10.7. The predicted molar refractivity (Wildman–Crippen MR) is 54.8 cm³/mol. The molecule has 80 valence electrons. The van der Waals surface area contributed by atoms with Gasteiger partial charge in [-0.05, 0) is 12.1 Å². The van der Waals surface area contributed by atoms with E-state index in [1.165, 1.54) is 6.21 Å². The fourth-order valence-electron chi connectivity index (χ4n) is 0.875. The van der Waals surface area contributed by atoms with Crippen LogP contribution in [0.5, 0.6) is 0 Å². The van der Waals surface area contributed by atoms with Gasteiger partial charge in [-0.1, -0.05) is 5.43 Å². The van der Waals surface area contributed by atoms with E-state index in [2.05, 4.69) is 10.2 Å². The maximum atomic E-state index is 9.93. The summed E-state index contributed by atoms with van der Waals surface area (Å²) in [6.07, 6.45) is 3.28. The van der Waals surface area contributed by atoms with E-state index in [9.17, 15) is 10.1 Å². The van der Waals surface area contributed by atoms with Gasteiger partial charge in [-0.2, -0.15) is 5.10 Å². The molecule has 0 aliphatic rings. The lowest BCUT2D eigenvalue weighted by atomic mass is 10.5. The Morgan fingerprint density at radius 2 is 2.53 bits per heavy atom. The molecule has 8 heteroatoms. The second kappa shape index (κ2) is 4.74. The highest BCUT2D eigenvalue weighted by Gasteiger charge is 1.97. The van der Waals surface area contributed by atoms with Crippen LogP contribution >= 0.6 is 0 Å². The zero-order valence-electron chi connectivity index (χ0n) is 7.99. The smallest absolute Gasteiger partial charge is 0.275 e. The zero-order chi connectivity index (χ0) is 11.3. The molecule has 3 N–H and O–H groups in total. The molecule has 0 amide bonds. The van der Waals surface area contributed by atoms with Crippen LogP contribution in [0.4, 0.5) is 0 Å². The third-order valence-corrected chi connectivity index (χ3v) is 1.55. The topological polar surface area (TPSA) is 111 Å². The van der Waals surface area contributed by atoms with Crippen molar-refractivity contribution in [3.05, 3.63) is 34.1 Å². The molecule has 0 aromatic carbocycles. The van der Waals surface area contributed by atoms with Gasteiger partial charge in [0.2, 0.25) is 0 Å². The van der Waals surface area contributed by atoms with E-state index in [1.807, 2.05) is 29.9 Å². The molecule has 0 atom stereocenters. The van der Waals surface area contributed by atoms with Gasteiger partial charge in [0.25, 0.3) is 5.96 Å². The van der Waals surface area contributed by atoms with Gasteiger partial charge in [0.05, 0.1) is 11.9 Å². The summed E-state index contributed by atoms with van der Waals surface area (Å²) in [6, 6.07) is 3.65. The van der Waals surface area contributed by atoms with Crippen LogP contribution in [0.3, 0.4) is 0 Å². The van der Waals surface area contributed by atoms with Crippen molar-refractivity contribution >= 4 is 12.2 Å². The number of hydrogen-bond donors (Lipinski definition) is 2. The summed E-state index contributed by atoms with van der Waals surface area (Å²) in [7, 11) is 1.84. The molecular formula is C7H10N6O2. The molecule has 0 unspecified atom stereocenters. The monoisotopic (exact) mass is 210 g/mol. The molecule has 1 aromatic rings. The second-order valence-electron chi connectivity index (χ2n) is 2.64. The predicted octanol–water partition coefficient (Wildman–Crippen LogP) is -0.545. The van der Waals surface area contributed by atoms with Crippen LogP contribution in [0.25, 0.3) is 0 Å². The van der Waals surface area contributed by atoms with Gasteiger partial charge < -0.3 is 10.3 Å². The molecule has 1 heterocycles. The van der Waals surface area contributed by atoms with E-state index in [0.29, 0.717) is 0 Å². The standard InChI is InChI=1S/C7H10N6O2/c1-12-4-2-3-6(12)5-9-10-7(8)11-13(14)15/h2-5H,1H3,(H3,8,10,11)/b9-5+. The van der Waals surface area contributed by atoms with E-state index in [0.717, 1.165) is 5.69 Å². The first-order valence-electron chi connectivity index (χ1n) is 3.98. The van der Waals surface area contributed by atoms with E-state index < -0.39 is 5.03 Å². The first-order chi connectivity index (χ1) is 7.09. The highest BCUT2D eigenvalue weighted by Crippen LogP contribution is 1.94. The highest BCUT2D eigenvalue weighted by molar-refractivity contribution is 5.80. The van der Waals surface area contributed by atoms with Gasteiger partial charge in [0.1, 0.15) is 0 Å². The first-order valence-corrected chi connectivity index (χ1v) is 3.98. The molecule has 0 saturated heterocycles. The Morgan fingerprint density at radius 1 is 1.80 bits per heavy atom. The van der Waals surface area contributed by atoms with Crippen LogP contribution in [-0.4, -0.2) is 21.8 Å². The second-order valence-corrected chi connectivity index (χ2v) is 2.64. The Labute approximate surface area is 85.2 Å². The van der Waals surface area contributed by atoms with Crippen molar-refractivity contribution in [3.63, 3.8) is 0 Å². The number of nitro groups is 1. The summed E-state index contributed by atoms with van der Waals surface area (Å²) in [5.74, 6) is -0.370. The van der Waals surface area contributed by atoms with Gasteiger partial charge in [-0.15, -0.1) is 5.10 Å². The van der Waals surface area contributed by atoms with Gasteiger partial charge in [0.15, 0.2) is 5.03 Å². The summed E-state index contributed by atoms with van der Waals surface area (Å²) in [4.78, 5) is 9.93. The maximum Gasteiger partial charge on any atom is 0.275 e. The molecule has 0 saturated carbocycles. The van der Waals surface area contributed by atoms with Gasteiger partial charge in [-0.3, -0.25) is 0 Å². The zero-order valence-corrected chi connectivity index (χ0v) is 7.99. The Balaban J connectivity index is 2.59. The molecule has 0 aliphatic heterocycles. The van der Waals surface area contributed by atoms with E-state index in [4.69, 9.17) is 5.73 Å². The third kappa shape index (κ3) is 3.46. The van der Waals surface area contributed by atoms with Gasteiger partial charge in [0, 0.05) is 13.2 Å². The molecular weight excluding hydrogens is 200 g/mol. The number of aromatic nitrogens is 1. The van der Waals surface area contributed by atoms with Crippen LogP contribution in [0.1, 0.15) is 5.69 Å². The molecule has 0 fully saturated rings. The van der Waals surface area contributed by atoms with Crippen molar-refractivity contribution in [1.82, 2.24) is 9.99 Å². The minimum absolute atomic E-state index is 0.370. The van der Waals surface area contributed by atoms with Crippen LogP contribution in [0, 0.1) is 10.1 Å². The van der Waals surface area contributed by atoms with Crippen molar-refractivity contribution in [1.29, 1.82) is 0 Å². The largest absolute Gasteiger partial charge is 0.364 e. The number of guanidine groups is 1. The lowest BCUT2D eigenvalue weighted by molar-refractivity contribution is -0.525. The Hall–Kier alpha value is -2.38. The number of nitrogens with one attached hydrogen (secondary N) is 1. The van der Waals surface area contributed by atoms with Crippen molar-refractivity contribution in [2.45, 2.75) is 0 Å². The average Bonchev–Trinajstić information content (AvgIpc) is 2.50. The molecule has 15 heavy (non-hydrogen) atoms. The summed E-state index contributed by atoms with van der Waals surface area (Å²) in [5, 5.41) is 16.1. The Morgan fingerprint density at radius 3 is 3.07 bits per heavy atom. The van der Waals surface area contributed by atoms with E-state index in [1.54, 1.807) is 5.43 Å². The number of hydrazine groups is 1. The number of hydrogen-bond acceptors (Lipinski definition) is 4. The van der Waals surface area contributed by atoms with Crippen LogP contribution < -0.4 is 11.2 Å². The molecule has 0 radical (unpaired) electrons. The van der Waals surface area contributed by atoms with E-state index in [-0.39, 0.29) is 5.96 Å². The molecule has 8 nitrogen and oxygen atoms in total. The number of nitrogens with zero attached hydrogens (tertiary/aromatic N) is 4. The molecule has 0 spiro atoms. The number of nitrogens with two attached hydrogens (primary N) is 1. The van der Waals surface area contributed by atoms with Crippen molar-refractivity contribution < 1.29 is 5.03 Å². The fraction of sp³-hybridized carbons (Fsp3) is 0.143. The highest BCUT2D eigenvalue weighted by atomic mass is 16.7. The molecule has 0 aliphatic carbocycles. The minimum Gasteiger partial charge on any atom is -0.364 e. The quantitative estimate of drug-likeness (QED) is 0.302. The van der Waals surface area contributed by atoms with Gasteiger partial charge in [-0.25, -0.2) is 10.1 Å². The summed E-state index contributed by atoms with van der Waals surface area (Å²) in [6.45, 7) is 0. The van der Waals surface area contributed by atoms with E-state index >= 15 is 0 Å². The Kier molecular flexibility index (Phi) is 3.38. The lowest BCUT2D eigenvalue weighted by Gasteiger charge is -1.93. The van der Waals surface area contributed by atoms with Crippen LogP contribution in [0.2, 0.25) is 0 Å². The number of aryl methyl sites for hydroxylation is 1. The van der Waals surface area contributed by atoms with Gasteiger partial charge >= 0.3 is 0 Å². The molecule has 1 aromatic heterocycles. The maximum absolute atomic E-state index is 9.93. The lowest BCUT2D eigenvalue weighted by Crippen LogP contribution is -2.35.